The third kappa shape index (κ3) is 6.07. The second kappa shape index (κ2) is 10.9. The van der Waals surface area contributed by atoms with Crippen LogP contribution in [-0.4, -0.2) is 69.8 Å². The maximum atomic E-state index is 13.8. The topological polar surface area (TPSA) is 49.3 Å². The molecule has 0 aliphatic carbocycles. The highest BCUT2D eigenvalue weighted by Gasteiger charge is 2.20. The Morgan fingerprint density at radius 3 is 2.42 bits per heavy atom. The molecule has 6 nitrogen and oxygen atoms in total. The summed E-state index contributed by atoms with van der Waals surface area (Å²) < 4.78 is 37.8. The van der Waals surface area contributed by atoms with E-state index in [2.05, 4.69) is 26.2 Å². The van der Waals surface area contributed by atoms with Crippen molar-refractivity contribution in [3.05, 3.63) is 59.2 Å². The molecule has 0 aromatic heterocycles. The van der Waals surface area contributed by atoms with Crippen LogP contribution in [0.25, 0.3) is 0 Å². The molecule has 2 aromatic rings. The van der Waals surface area contributed by atoms with Crippen LogP contribution in [0.2, 0.25) is 0 Å². The van der Waals surface area contributed by atoms with Crippen LogP contribution in [0, 0.1) is 11.6 Å². The van der Waals surface area contributed by atoms with Gasteiger partial charge in [-0.1, -0.05) is 6.07 Å². The monoisotopic (exact) mass is 432 g/mol. The molecule has 0 spiro atoms. The lowest BCUT2D eigenvalue weighted by Crippen LogP contribution is -2.52. The van der Waals surface area contributed by atoms with Gasteiger partial charge in [0.2, 0.25) is 0 Å². The molecule has 168 valence electrons. The van der Waals surface area contributed by atoms with Gasteiger partial charge in [0.15, 0.2) is 17.5 Å². The Hall–Kier alpha value is -2.87. The largest absolute Gasteiger partial charge is 0.493 e. The quantitative estimate of drug-likeness (QED) is 0.539. The first-order valence-electron chi connectivity index (χ1n) is 10.4. The SMILES string of the molecule is CN=C(NCCc1cc(F)ccc1F)N1CCN(Cc2ccc(OC)c(OC)c2)CC1. The van der Waals surface area contributed by atoms with Crippen LogP contribution in [-0.2, 0) is 13.0 Å². The van der Waals surface area contributed by atoms with Crippen molar-refractivity contribution >= 4 is 5.96 Å². The summed E-state index contributed by atoms with van der Waals surface area (Å²) in [4.78, 5) is 8.92. The number of hydrogen-bond donors (Lipinski definition) is 1. The van der Waals surface area contributed by atoms with Gasteiger partial charge in [-0.25, -0.2) is 8.78 Å². The standard InChI is InChI=1S/C23H30F2N4O2/c1-26-23(27-9-8-18-15-19(24)5-6-20(18)25)29-12-10-28(11-13-29)16-17-4-7-21(30-2)22(14-17)31-3/h4-7,14-15H,8-13,16H2,1-3H3,(H,26,27). The van der Waals surface area contributed by atoms with Gasteiger partial charge in [-0.15, -0.1) is 0 Å². The first-order chi connectivity index (χ1) is 15.0. The number of guanidine groups is 1. The molecule has 1 fully saturated rings. The number of piperazine rings is 1. The Morgan fingerprint density at radius 2 is 1.74 bits per heavy atom. The minimum absolute atomic E-state index is 0.364. The fraction of sp³-hybridized carbons (Fsp3) is 0.435. The fourth-order valence-electron chi connectivity index (χ4n) is 3.73. The second-order valence-corrected chi connectivity index (χ2v) is 7.41. The van der Waals surface area contributed by atoms with Gasteiger partial charge in [-0.2, -0.15) is 0 Å². The zero-order chi connectivity index (χ0) is 22.2. The number of ether oxygens (including phenoxy) is 2. The number of nitrogens with one attached hydrogen (secondary N) is 1. The summed E-state index contributed by atoms with van der Waals surface area (Å²) >= 11 is 0. The van der Waals surface area contributed by atoms with Crippen molar-refractivity contribution in [1.82, 2.24) is 15.1 Å². The summed E-state index contributed by atoms with van der Waals surface area (Å²) in [5.74, 6) is 1.43. The van der Waals surface area contributed by atoms with Crippen molar-refractivity contribution in [3.8, 4) is 11.5 Å². The van der Waals surface area contributed by atoms with Crippen LogP contribution in [0.3, 0.4) is 0 Å². The second-order valence-electron chi connectivity index (χ2n) is 7.41. The van der Waals surface area contributed by atoms with Gasteiger partial charge in [0.05, 0.1) is 14.2 Å². The zero-order valence-electron chi connectivity index (χ0n) is 18.3. The summed E-state index contributed by atoms with van der Waals surface area (Å²) in [5.41, 5.74) is 1.54. The Kier molecular flexibility index (Phi) is 8.06. The third-order valence-corrected chi connectivity index (χ3v) is 5.42. The molecule has 1 aliphatic rings. The number of aliphatic imine (C=N–C) groups is 1. The Morgan fingerprint density at radius 1 is 1.00 bits per heavy atom. The highest BCUT2D eigenvalue weighted by atomic mass is 19.1. The van der Waals surface area contributed by atoms with Gasteiger partial charge in [0, 0.05) is 46.3 Å². The van der Waals surface area contributed by atoms with Crippen molar-refractivity contribution in [2.75, 3.05) is 54.0 Å². The van der Waals surface area contributed by atoms with E-state index >= 15 is 0 Å². The van der Waals surface area contributed by atoms with E-state index in [4.69, 9.17) is 9.47 Å². The van der Waals surface area contributed by atoms with Crippen LogP contribution in [0.5, 0.6) is 11.5 Å². The predicted octanol–water partition coefficient (Wildman–Crippen LogP) is 2.92. The normalized spacial score (nSPS) is 15.1. The molecular formula is C23H30F2N4O2. The summed E-state index contributed by atoms with van der Waals surface area (Å²) in [5, 5.41) is 3.26. The van der Waals surface area contributed by atoms with Crippen molar-refractivity contribution in [2.45, 2.75) is 13.0 Å². The van der Waals surface area contributed by atoms with E-state index in [0.29, 0.717) is 18.5 Å². The molecule has 0 atom stereocenters. The molecule has 0 unspecified atom stereocenters. The first-order valence-corrected chi connectivity index (χ1v) is 10.4. The van der Waals surface area contributed by atoms with Crippen molar-refractivity contribution in [1.29, 1.82) is 0 Å². The first kappa shape index (κ1) is 22.8. The minimum Gasteiger partial charge on any atom is -0.493 e. The highest BCUT2D eigenvalue weighted by Crippen LogP contribution is 2.28. The Balaban J connectivity index is 1.48. The van der Waals surface area contributed by atoms with E-state index in [1.54, 1.807) is 21.3 Å². The molecule has 0 amide bonds. The van der Waals surface area contributed by atoms with E-state index in [-0.39, 0.29) is 5.82 Å². The van der Waals surface area contributed by atoms with E-state index in [1.807, 2.05) is 12.1 Å². The van der Waals surface area contributed by atoms with Gasteiger partial charge in [-0.3, -0.25) is 9.89 Å². The smallest absolute Gasteiger partial charge is 0.193 e. The molecule has 0 saturated carbocycles. The average molecular weight is 433 g/mol. The number of benzene rings is 2. The maximum Gasteiger partial charge on any atom is 0.193 e. The van der Waals surface area contributed by atoms with Crippen LogP contribution < -0.4 is 14.8 Å². The number of halogens is 2. The van der Waals surface area contributed by atoms with Gasteiger partial charge in [0.1, 0.15) is 11.6 Å². The molecule has 1 N–H and O–H groups in total. The molecule has 8 heteroatoms. The third-order valence-electron chi connectivity index (χ3n) is 5.42. The van der Waals surface area contributed by atoms with E-state index in [9.17, 15) is 8.78 Å². The average Bonchev–Trinajstić information content (AvgIpc) is 2.79. The summed E-state index contributed by atoms with van der Waals surface area (Å²) in [6.07, 6.45) is 0.391. The fourth-order valence-corrected chi connectivity index (χ4v) is 3.73. The highest BCUT2D eigenvalue weighted by molar-refractivity contribution is 5.80. The Bertz CT molecular complexity index is 899. The zero-order valence-corrected chi connectivity index (χ0v) is 18.3. The summed E-state index contributed by atoms with van der Waals surface area (Å²) in [6.45, 7) is 4.78. The molecule has 0 radical (unpaired) electrons. The molecule has 3 rings (SSSR count). The maximum absolute atomic E-state index is 13.8. The van der Waals surface area contributed by atoms with Crippen LogP contribution >= 0.6 is 0 Å². The Labute approximate surface area is 182 Å². The van der Waals surface area contributed by atoms with Gasteiger partial charge < -0.3 is 19.7 Å². The lowest BCUT2D eigenvalue weighted by atomic mass is 10.1. The lowest BCUT2D eigenvalue weighted by Gasteiger charge is -2.36. The van der Waals surface area contributed by atoms with E-state index in [1.165, 1.54) is 11.6 Å². The van der Waals surface area contributed by atoms with Crippen LogP contribution in [0.1, 0.15) is 11.1 Å². The van der Waals surface area contributed by atoms with Crippen molar-refractivity contribution in [3.63, 3.8) is 0 Å². The van der Waals surface area contributed by atoms with Gasteiger partial charge in [-0.05, 0) is 47.9 Å². The minimum atomic E-state index is -0.425. The molecule has 0 bridgehead atoms. The van der Waals surface area contributed by atoms with Gasteiger partial charge >= 0.3 is 0 Å². The van der Waals surface area contributed by atoms with Gasteiger partial charge in [0.25, 0.3) is 0 Å². The van der Waals surface area contributed by atoms with E-state index < -0.39 is 5.82 Å². The van der Waals surface area contributed by atoms with Crippen LogP contribution in [0.4, 0.5) is 8.78 Å². The lowest BCUT2D eigenvalue weighted by molar-refractivity contribution is 0.172. The van der Waals surface area contributed by atoms with Crippen molar-refractivity contribution in [2.24, 2.45) is 4.99 Å². The predicted molar refractivity (Wildman–Crippen MR) is 118 cm³/mol. The summed E-state index contributed by atoms with van der Waals surface area (Å²) in [7, 11) is 5.01. The molecule has 1 aliphatic heterocycles. The molecule has 1 saturated heterocycles. The molecule has 1 heterocycles. The molecule has 2 aromatic carbocycles. The number of rotatable bonds is 7. The summed E-state index contributed by atoms with van der Waals surface area (Å²) in [6, 6.07) is 9.53. The number of nitrogens with zero attached hydrogens (tertiary/aromatic N) is 3. The van der Waals surface area contributed by atoms with E-state index in [0.717, 1.165) is 62.3 Å². The molecular weight excluding hydrogens is 402 g/mol. The van der Waals surface area contributed by atoms with Crippen molar-refractivity contribution < 1.29 is 18.3 Å². The number of hydrogen-bond acceptors (Lipinski definition) is 4. The molecule has 31 heavy (non-hydrogen) atoms. The number of methoxy groups -OCH3 is 2. The van der Waals surface area contributed by atoms with Crippen LogP contribution in [0.15, 0.2) is 41.4 Å².